The van der Waals surface area contributed by atoms with E-state index in [9.17, 15) is 18.4 Å². The molecule has 21 heavy (non-hydrogen) atoms. The van der Waals surface area contributed by atoms with Crippen LogP contribution in [0.15, 0.2) is 24.3 Å². The standard InChI is InChI=1S/C13H16F2N2O4/c1-2-20-12(19)10(16)11(18)17-7-8-5-3-4-6-9(8)21-13(14)15/h3-6,10,13H,2,7,16H2,1H3,(H,17,18). The molecule has 0 aliphatic heterocycles. The van der Waals surface area contributed by atoms with E-state index in [0.29, 0.717) is 5.56 Å². The predicted molar refractivity (Wildman–Crippen MR) is 69.5 cm³/mol. The van der Waals surface area contributed by atoms with E-state index in [0.717, 1.165) is 0 Å². The number of ether oxygens (including phenoxy) is 2. The fraction of sp³-hybridized carbons (Fsp3) is 0.385. The first-order chi connectivity index (χ1) is 9.95. The van der Waals surface area contributed by atoms with Crippen molar-refractivity contribution in [2.45, 2.75) is 26.1 Å². The zero-order chi connectivity index (χ0) is 15.8. The van der Waals surface area contributed by atoms with Crippen LogP contribution in [-0.2, 0) is 20.9 Å². The second-order valence-corrected chi connectivity index (χ2v) is 3.93. The molecule has 0 aliphatic carbocycles. The molecule has 0 saturated heterocycles. The lowest BCUT2D eigenvalue weighted by Crippen LogP contribution is -2.46. The maximum absolute atomic E-state index is 12.2. The number of hydrogen-bond donors (Lipinski definition) is 2. The first-order valence-corrected chi connectivity index (χ1v) is 6.18. The maximum Gasteiger partial charge on any atom is 0.387 e. The van der Waals surface area contributed by atoms with Gasteiger partial charge >= 0.3 is 12.6 Å². The fourth-order valence-corrected chi connectivity index (χ4v) is 1.49. The molecule has 0 saturated carbocycles. The molecule has 1 atom stereocenters. The number of para-hydroxylation sites is 1. The van der Waals surface area contributed by atoms with Gasteiger partial charge in [0.2, 0.25) is 5.91 Å². The number of rotatable bonds is 7. The quantitative estimate of drug-likeness (QED) is 0.574. The molecule has 1 aromatic carbocycles. The number of hydrogen-bond acceptors (Lipinski definition) is 5. The van der Waals surface area contributed by atoms with E-state index in [1.165, 1.54) is 18.2 Å². The number of benzene rings is 1. The monoisotopic (exact) mass is 302 g/mol. The summed E-state index contributed by atoms with van der Waals surface area (Å²) in [5, 5.41) is 2.36. The van der Waals surface area contributed by atoms with Gasteiger partial charge in [0.05, 0.1) is 6.61 Å². The van der Waals surface area contributed by atoms with Crippen LogP contribution in [0, 0.1) is 0 Å². The van der Waals surface area contributed by atoms with Crippen molar-refractivity contribution < 1.29 is 27.8 Å². The van der Waals surface area contributed by atoms with Crippen LogP contribution in [0.1, 0.15) is 12.5 Å². The highest BCUT2D eigenvalue weighted by Gasteiger charge is 2.23. The molecule has 0 aliphatic rings. The first-order valence-electron chi connectivity index (χ1n) is 6.18. The Morgan fingerprint density at radius 3 is 2.62 bits per heavy atom. The Hall–Kier alpha value is -2.22. The fourth-order valence-electron chi connectivity index (χ4n) is 1.49. The third-order valence-corrected chi connectivity index (χ3v) is 2.46. The second-order valence-electron chi connectivity index (χ2n) is 3.93. The van der Waals surface area contributed by atoms with Crippen molar-refractivity contribution in [2.24, 2.45) is 5.73 Å². The van der Waals surface area contributed by atoms with Crippen molar-refractivity contribution in [3.05, 3.63) is 29.8 Å². The largest absolute Gasteiger partial charge is 0.464 e. The summed E-state index contributed by atoms with van der Waals surface area (Å²) in [6.07, 6.45) is 0. The van der Waals surface area contributed by atoms with Gasteiger partial charge in [-0.3, -0.25) is 4.79 Å². The third-order valence-electron chi connectivity index (χ3n) is 2.46. The number of amides is 1. The first kappa shape index (κ1) is 16.8. The Balaban J connectivity index is 2.62. The molecule has 1 amide bonds. The van der Waals surface area contributed by atoms with Gasteiger partial charge < -0.3 is 20.5 Å². The third kappa shape index (κ3) is 5.35. The molecule has 0 heterocycles. The van der Waals surface area contributed by atoms with Crippen molar-refractivity contribution in [1.82, 2.24) is 5.32 Å². The minimum absolute atomic E-state index is 0.0579. The summed E-state index contributed by atoms with van der Waals surface area (Å²) in [6, 6.07) is 4.51. The van der Waals surface area contributed by atoms with E-state index in [4.69, 9.17) is 5.73 Å². The van der Waals surface area contributed by atoms with Crippen molar-refractivity contribution in [3.8, 4) is 5.75 Å². The molecule has 1 rings (SSSR count). The molecule has 0 fully saturated rings. The van der Waals surface area contributed by atoms with Gasteiger partial charge in [0.25, 0.3) is 0 Å². The number of nitrogens with one attached hydrogen (secondary N) is 1. The summed E-state index contributed by atoms with van der Waals surface area (Å²) in [5.41, 5.74) is 5.73. The summed E-state index contributed by atoms with van der Waals surface area (Å²) >= 11 is 0. The molecule has 0 spiro atoms. The molecule has 1 aromatic rings. The lowest BCUT2D eigenvalue weighted by Gasteiger charge is -2.13. The number of carbonyl (C=O) groups excluding carboxylic acids is 2. The van der Waals surface area contributed by atoms with Gasteiger partial charge in [-0.1, -0.05) is 18.2 Å². The highest BCUT2D eigenvalue weighted by Crippen LogP contribution is 2.19. The van der Waals surface area contributed by atoms with Crippen molar-refractivity contribution in [1.29, 1.82) is 0 Å². The molecule has 1 unspecified atom stereocenters. The van der Waals surface area contributed by atoms with Gasteiger partial charge in [-0.25, -0.2) is 4.79 Å². The van der Waals surface area contributed by atoms with Gasteiger partial charge in [0.15, 0.2) is 6.04 Å². The Bertz CT molecular complexity index is 497. The Morgan fingerprint density at radius 2 is 2.00 bits per heavy atom. The van der Waals surface area contributed by atoms with Crippen LogP contribution in [0.3, 0.4) is 0 Å². The van der Waals surface area contributed by atoms with Crippen molar-refractivity contribution in [2.75, 3.05) is 6.61 Å². The summed E-state index contributed by atoms with van der Waals surface area (Å²) in [6.45, 7) is -1.39. The summed E-state index contributed by atoms with van der Waals surface area (Å²) in [5.74, 6) is -1.68. The van der Waals surface area contributed by atoms with Crippen molar-refractivity contribution in [3.63, 3.8) is 0 Å². The molecule has 8 heteroatoms. The van der Waals surface area contributed by atoms with Crippen LogP contribution in [0.5, 0.6) is 5.75 Å². The highest BCUT2D eigenvalue weighted by atomic mass is 19.3. The molecule has 116 valence electrons. The van der Waals surface area contributed by atoms with Crippen LogP contribution in [-0.4, -0.2) is 31.1 Å². The molecule has 0 bridgehead atoms. The minimum atomic E-state index is -2.97. The van der Waals surface area contributed by atoms with Crippen LogP contribution < -0.4 is 15.8 Å². The van der Waals surface area contributed by atoms with Gasteiger partial charge in [-0.15, -0.1) is 0 Å². The van der Waals surface area contributed by atoms with Gasteiger partial charge in [0.1, 0.15) is 5.75 Å². The number of esters is 1. The lowest BCUT2D eigenvalue weighted by atomic mass is 10.2. The van der Waals surface area contributed by atoms with Crippen molar-refractivity contribution >= 4 is 11.9 Å². The summed E-state index contributed by atoms with van der Waals surface area (Å²) < 4.78 is 33.4. The maximum atomic E-state index is 12.2. The van der Waals surface area contributed by atoms with E-state index in [2.05, 4.69) is 14.8 Å². The van der Waals surface area contributed by atoms with Crippen LogP contribution >= 0.6 is 0 Å². The molecule has 0 aromatic heterocycles. The minimum Gasteiger partial charge on any atom is -0.464 e. The summed E-state index contributed by atoms with van der Waals surface area (Å²) in [4.78, 5) is 22.9. The van der Waals surface area contributed by atoms with Gasteiger partial charge in [-0.05, 0) is 13.0 Å². The smallest absolute Gasteiger partial charge is 0.387 e. The molecular weight excluding hydrogens is 286 g/mol. The Labute approximate surface area is 120 Å². The van der Waals surface area contributed by atoms with Crippen LogP contribution in [0.25, 0.3) is 0 Å². The van der Waals surface area contributed by atoms with E-state index < -0.39 is 24.5 Å². The predicted octanol–water partition coefficient (Wildman–Crippen LogP) is 0.795. The Morgan fingerprint density at radius 1 is 1.33 bits per heavy atom. The SMILES string of the molecule is CCOC(=O)C(N)C(=O)NCc1ccccc1OC(F)F. The van der Waals surface area contributed by atoms with Gasteiger partial charge in [0, 0.05) is 12.1 Å². The molecular formula is C13H16F2N2O4. The lowest BCUT2D eigenvalue weighted by molar-refractivity contribution is -0.148. The topological polar surface area (TPSA) is 90.7 Å². The Kier molecular flexibility index (Phi) is 6.54. The molecule has 6 nitrogen and oxygen atoms in total. The number of halogens is 2. The van der Waals surface area contributed by atoms with E-state index >= 15 is 0 Å². The van der Waals surface area contributed by atoms with E-state index in [1.54, 1.807) is 13.0 Å². The number of alkyl halides is 2. The zero-order valence-corrected chi connectivity index (χ0v) is 11.3. The molecule has 0 radical (unpaired) electrons. The number of carbonyl (C=O) groups is 2. The normalized spacial score (nSPS) is 11.9. The van der Waals surface area contributed by atoms with Crippen LogP contribution in [0.4, 0.5) is 8.78 Å². The molecule has 3 N–H and O–H groups in total. The van der Waals surface area contributed by atoms with E-state index in [-0.39, 0.29) is 18.9 Å². The zero-order valence-electron chi connectivity index (χ0n) is 11.3. The summed E-state index contributed by atoms with van der Waals surface area (Å²) in [7, 11) is 0. The van der Waals surface area contributed by atoms with Crippen LogP contribution in [0.2, 0.25) is 0 Å². The highest BCUT2D eigenvalue weighted by molar-refractivity contribution is 6.01. The average Bonchev–Trinajstić information content (AvgIpc) is 2.44. The average molecular weight is 302 g/mol. The van der Waals surface area contributed by atoms with E-state index in [1.807, 2.05) is 0 Å². The second kappa shape index (κ2) is 8.15. The number of nitrogens with two attached hydrogens (primary N) is 1. The van der Waals surface area contributed by atoms with Gasteiger partial charge in [-0.2, -0.15) is 8.78 Å².